The van der Waals surface area contributed by atoms with Crippen molar-refractivity contribution in [3.63, 3.8) is 0 Å². The van der Waals surface area contributed by atoms with Gasteiger partial charge in [-0.2, -0.15) is 0 Å². The van der Waals surface area contributed by atoms with E-state index in [0.29, 0.717) is 0 Å². The third kappa shape index (κ3) is 3.53. The van der Waals surface area contributed by atoms with Gasteiger partial charge in [0.15, 0.2) is 0 Å². The summed E-state index contributed by atoms with van der Waals surface area (Å²) in [6.45, 7) is 0. The topological polar surface area (TPSA) is 33.6 Å². The second kappa shape index (κ2) is 9.68. The predicted octanol–water partition coefficient (Wildman–Crippen LogP) is 9.29. The summed E-state index contributed by atoms with van der Waals surface area (Å²) in [6.07, 6.45) is 1.93. The van der Waals surface area contributed by atoms with Crippen LogP contribution in [0.2, 0.25) is 0 Å². The fourth-order valence-corrected chi connectivity index (χ4v) is 7.34. The van der Waals surface area contributed by atoms with E-state index in [1.54, 1.807) is 0 Å². The number of ether oxygens (including phenoxy) is 1. The van der Waals surface area contributed by atoms with Crippen LogP contribution in [-0.2, 0) is 5.41 Å². The molecule has 9 rings (SSSR count). The Kier molecular flexibility index (Phi) is 5.48. The van der Waals surface area contributed by atoms with E-state index in [1.165, 1.54) is 22.3 Å². The zero-order valence-corrected chi connectivity index (χ0v) is 23.9. The number of benzene rings is 6. The molecule has 0 bridgehead atoms. The molecule has 2 heterocycles. The SMILES string of the molecule is C1=C(c2ccccc2)NC(c2ccccc2)N=C1c1cccc2c1Oc1ccccc1C21c2ccccc2-c2ccccc21. The lowest BCUT2D eigenvalue weighted by Gasteiger charge is -2.40. The highest BCUT2D eigenvalue weighted by molar-refractivity contribution is 6.15. The summed E-state index contributed by atoms with van der Waals surface area (Å²) in [6, 6.07) is 53.6. The summed E-state index contributed by atoms with van der Waals surface area (Å²) in [5.74, 6) is 1.73. The van der Waals surface area contributed by atoms with E-state index in [0.717, 1.165) is 50.7 Å². The molecule has 1 atom stereocenters. The van der Waals surface area contributed by atoms with Gasteiger partial charge in [0.1, 0.15) is 17.7 Å². The maximum Gasteiger partial charge on any atom is 0.145 e. The van der Waals surface area contributed by atoms with Gasteiger partial charge >= 0.3 is 0 Å². The largest absolute Gasteiger partial charge is 0.456 e. The lowest BCUT2D eigenvalue weighted by Crippen LogP contribution is -2.33. The minimum absolute atomic E-state index is 0.236. The zero-order valence-electron chi connectivity index (χ0n) is 23.9. The van der Waals surface area contributed by atoms with E-state index in [1.807, 2.05) is 12.1 Å². The predicted molar refractivity (Wildman–Crippen MR) is 177 cm³/mol. The van der Waals surface area contributed by atoms with E-state index >= 15 is 0 Å². The summed E-state index contributed by atoms with van der Waals surface area (Å²) in [5, 5.41) is 3.69. The molecule has 0 saturated heterocycles. The van der Waals surface area contributed by atoms with Crippen LogP contribution in [0.15, 0.2) is 163 Å². The number of nitrogens with one attached hydrogen (secondary N) is 1. The Bertz CT molecular complexity index is 2080. The smallest absolute Gasteiger partial charge is 0.145 e. The van der Waals surface area contributed by atoms with Crippen LogP contribution in [-0.4, -0.2) is 5.71 Å². The third-order valence-corrected chi connectivity index (χ3v) is 9.19. The molecule has 6 aromatic rings. The van der Waals surface area contributed by atoms with Gasteiger partial charge in [0, 0.05) is 22.4 Å². The van der Waals surface area contributed by atoms with Crippen molar-refractivity contribution in [2.45, 2.75) is 11.6 Å². The molecule has 0 aromatic heterocycles. The van der Waals surface area contributed by atoms with Crippen LogP contribution < -0.4 is 10.1 Å². The van der Waals surface area contributed by atoms with Gasteiger partial charge in [0.2, 0.25) is 0 Å². The van der Waals surface area contributed by atoms with Crippen molar-refractivity contribution in [1.29, 1.82) is 0 Å². The molecular weight excluding hydrogens is 536 g/mol. The molecule has 1 aliphatic carbocycles. The number of rotatable bonds is 3. The second-order valence-corrected chi connectivity index (χ2v) is 11.5. The van der Waals surface area contributed by atoms with Gasteiger partial charge in [-0.05, 0) is 51.6 Å². The summed E-state index contributed by atoms with van der Waals surface area (Å²) in [5.41, 5.74) is 12.0. The van der Waals surface area contributed by atoms with Crippen LogP contribution in [0.1, 0.15) is 45.1 Å². The summed E-state index contributed by atoms with van der Waals surface area (Å²) in [4.78, 5) is 5.31. The molecule has 0 radical (unpaired) electrons. The van der Waals surface area contributed by atoms with Crippen molar-refractivity contribution >= 4 is 11.4 Å². The van der Waals surface area contributed by atoms with E-state index in [9.17, 15) is 0 Å². The average molecular weight is 565 g/mol. The third-order valence-electron chi connectivity index (χ3n) is 9.19. The second-order valence-electron chi connectivity index (χ2n) is 11.5. The Morgan fingerprint density at radius 3 is 1.82 bits per heavy atom. The monoisotopic (exact) mass is 564 g/mol. The molecule has 6 aromatic carbocycles. The summed E-state index contributed by atoms with van der Waals surface area (Å²) in [7, 11) is 0. The first-order valence-electron chi connectivity index (χ1n) is 15.1. The van der Waals surface area contributed by atoms with Crippen molar-refractivity contribution in [1.82, 2.24) is 5.32 Å². The lowest BCUT2D eigenvalue weighted by atomic mass is 9.65. The zero-order chi connectivity index (χ0) is 29.1. The van der Waals surface area contributed by atoms with Crippen LogP contribution in [0, 0.1) is 0 Å². The summed E-state index contributed by atoms with van der Waals surface area (Å²) < 4.78 is 6.93. The van der Waals surface area contributed by atoms with Crippen molar-refractivity contribution in [3.8, 4) is 22.6 Å². The number of allylic oxidation sites excluding steroid dienone is 1. The average Bonchev–Trinajstić information content (AvgIpc) is 3.40. The molecule has 208 valence electrons. The quantitative estimate of drug-likeness (QED) is 0.232. The molecule has 1 spiro atoms. The highest BCUT2D eigenvalue weighted by Gasteiger charge is 2.51. The molecule has 2 aliphatic heterocycles. The lowest BCUT2D eigenvalue weighted by molar-refractivity contribution is 0.435. The Labute approximate surface area is 256 Å². The first kappa shape index (κ1) is 24.9. The number of nitrogens with zero attached hydrogens (tertiary/aromatic N) is 1. The molecule has 0 fully saturated rings. The molecule has 44 heavy (non-hydrogen) atoms. The molecule has 0 saturated carbocycles. The van der Waals surface area contributed by atoms with E-state index in [4.69, 9.17) is 9.73 Å². The fraction of sp³-hybridized carbons (Fsp3) is 0.0488. The Morgan fingerprint density at radius 2 is 1.09 bits per heavy atom. The van der Waals surface area contributed by atoms with Crippen molar-refractivity contribution in [2.75, 3.05) is 0 Å². The minimum atomic E-state index is -0.508. The molecule has 3 aliphatic rings. The molecule has 3 nitrogen and oxygen atoms in total. The van der Waals surface area contributed by atoms with E-state index < -0.39 is 5.41 Å². The Hall–Kier alpha value is -5.67. The van der Waals surface area contributed by atoms with Crippen molar-refractivity contribution in [2.24, 2.45) is 4.99 Å². The highest BCUT2D eigenvalue weighted by atomic mass is 16.5. The van der Waals surface area contributed by atoms with Gasteiger partial charge in [0.05, 0.1) is 11.1 Å². The number of hydrogen-bond donors (Lipinski definition) is 1. The fourth-order valence-electron chi connectivity index (χ4n) is 7.34. The van der Waals surface area contributed by atoms with Crippen LogP contribution in [0.25, 0.3) is 16.8 Å². The number of aliphatic imine (C=N–C) groups is 1. The molecule has 3 heteroatoms. The first-order valence-corrected chi connectivity index (χ1v) is 15.1. The highest BCUT2D eigenvalue weighted by Crippen LogP contribution is 2.62. The maximum absolute atomic E-state index is 6.93. The van der Waals surface area contributed by atoms with Crippen LogP contribution >= 0.6 is 0 Å². The first-order chi connectivity index (χ1) is 21.8. The minimum Gasteiger partial charge on any atom is -0.456 e. The van der Waals surface area contributed by atoms with Crippen LogP contribution in [0.4, 0.5) is 0 Å². The Balaban J connectivity index is 1.32. The maximum atomic E-state index is 6.93. The van der Waals surface area contributed by atoms with Crippen LogP contribution in [0.5, 0.6) is 11.5 Å². The van der Waals surface area contributed by atoms with Gasteiger partial charge < -0.3 is 10.1 Å². The summed E-state index contributed by atoms with van der Waals surface area (Å²) >= 11 is 0. The van der Waals surface area contributed by atoms with Gasteiger partial charge in [0.25, 0.3) is 0 Å². The van der Waals surface area contributed by atoms with E-state index in [-0.39, 0.29) is 6.17 Å². The molecular formula is C41H28N2O. The number of hydrogen-bond acceptors (Lipinski definition) is 3. The van der Waals surface area contributed by atoms with Gasteiger partial charge in [-0.15, -0.1) is 0 Å². The van der Waals surface area contributed by atoms with Gasteiger partial charge in [-0.25, -0.2) is 0 Å². The normalized spacial score (nSPS) is 16.8. The number of fused-ring (bicyclic) bond motifs is 9. The number of para-hydroxylation sites is 2. The van der Waals surface area contributed by atoms with Crippen molar-refractivity contribution < 1.29 is 4.74 Å². The molecule has 1 N–H and O–H groups in total. The molecule has 1 unspecified atom stereocenters. The van der Waals surface area contributed by atoms with Gasteiger partial charge in [-0.3, -0.25) is 4.99 Å². The van der Waals surface area contributed by atoms with Gasteiger partial charge in [-0.1, -0.05) is 140 Å². The molecule has 0 amide bonds. The standard InChI is InChI=1S/C41H28N2O/c1-3-14-27(15-4-1)36-26-37(43-40(42-36)28-16-5-2-6-17-28)31-20-13-24-35-39(31)44-38-25-12-11-23-34(38)41(35)32-21-9-7-18-29(32)30-19-8-10-22-33(30)41/h1-26,40,42H. The van der Waals surface area contributed by atoms with Crippen molar-refractivity contribution in [3.05, 3.63) is 197 Å². The van der Waals surface area contributed by atoms with E-state index in [2.05, 4.69) is 151 Å². The Morgan fingerprint density at radius 1 is 0.523 bits per heavy atom. The van der Waals surface area contributed by atoms with Crippen LogP contribution in [0.3, 0.4) is 0 Å².